The fourth-order valence-electron chi connectivity index (χ4n) is 1.20. The summed E-state index contributed by atoms with van der Waals surface area (Å²) in [6, 6.07) is 0.399. The van der Waals surface area contributed by atoms with Gasteiger partial charge in [-0.3, -0.25) is 0 Å². The van der Waals surface area contributed by atoms with Crippen LogP contribution in [0, 0.1) is 5.92 Å². The Morgan fingerprint density at radius 1 is 1.58 bits per heavy atom. The van der Waals surface area contributed by atoms with Crippen molar-refractivity contribution in [2.45, 2.75) is 37.5 Å². The summed E-state index contributed by atoms with van der Waals surface area (Å²) in [6.07, 6.45) is 3.55. The summed E-state index contributed by atoms with van der Waals surface area (Å²) in [4.78, 5) is 0. The van der Waals surface area contributed by atoms with E-state index >= 15 is 0 Å². The zero-order valence-electron chi connectivity index (χ0n) is 7.70. The molecular weight excluding hydrogens is 170 g/mol. The number of nitrogens with two attached hydrogens (primary N) is 1. The molecule has 2 unspecified atom stereocenters. The van der Waals surface area contributed by atoms with Gasteiger partial charge in [-0.15, -0.1) is 0 Å². The van der Waals surface area contributed by atoms with Gasteiger partial charge in [0.1, 0.15) is 0 Å². The second-order valence-electron chi connectivity index (χ2n) is 3.66. The molecule has 1 rings (SSSR count). The molecule has 72 valence electrons. The van der Waals surface area contributed by atoms with Gasteiger partial charge in [0.15, 0.2) is 0 Å². The number of aliphatic hydroxyl groups is 1. The highest BCUT2D eigenvalue weighted by molar-refractivity contribution is 7.99. The fraction of sp³-hybridized carbons (Fsp3) is 1.00. The molecule has 0 spiro atoms. The molecule has 0 bridgehead atoms. The van der Waals surface area contributed by atoms with Crippen LogP contribution in [-0.4, -0.2) is 28.8 Å². The summed E-state index contributed by atoms with van der Waals surface area (Å²) in [7, 11) is 0. The van der Waals surface area contributed by atoms with E-state index in [-0.39, 0.29) is 0 Å². The summed E-state index contributed by atoms with van der Waals surface area (Å²) in [5, 5.41) is 9.23. The first kappa shape index (κ1) is 10.4. The van der Waals surface area contributed by atoms with Crippen molar-refractivity contribution in [3.05, 3.63) is 0 Å². The number of hydrogen-bond donors (Lipinski definition) is 2. The zero-order chi connectivity index (χ0) is 8.97. The molecule has 0 aromatic rings. The van der Waals surface area contributed by atoms with Crippen molar-refractivity contribution in [1.82, 2.24) is 0 Å². The first-order chi connectivity index (χ1) is 5.74. The largest absolute Gasteiger partial charge is 0.396 e. The van der Waals surface area contributed by atoms with E-state index < -0.39 is 0 Å². The normalized spacial score (nSPS) is 22.2. The Morgan fingerprint density at radius 3 is 2.75 bits per heavy atom. The van der Waals surface area contributed by atoms with Crippen molar-refractivity contribution in [2.75, 3.05) is 12.4 Å². The maximum absolute atomic E-state index is 8.68. The lowest BCUT2D eigenvalue weighted by atomic mass is 10.2. The number of hydrogen-bond acceptors (Lipinski definition) is 3. The monoisotopic (exact) mass is 189 g/mol. The third-order valence-electron chi connectivity index (χ3n) is 2.34. The molecule has 2 atom stereocenters. The average Bonchev–Trinajstić information content (AvgIpc) is 2.83. The quantitative estimate of drug-likeness (QED) is 0.660. The maximum atomic E-state index is 8.68. The molecule has 3 N–H and O–H groups in total. The molecule has 1 fully saturated rings. The van der Waals surface area contributed by atoms with Gasteiger partial charge in [0.2, 0.25) is 0 Å². The van der Waals surface area contributed by atoms with Crippen molar-refractivity contribution in [3.63, 3.8) is 0 Å². The van der Waals surface area contributed by atoms with Crippen LogP contribution in [0.3, 0.4) is 0 Å². The molecule has 2 nitrogen and oxygen atoms in total. The molecule has 0 saturated heterocycles. The SMILES string of the molecule is CC(CCO)SCC(N)C1CC1. The number of thioether (sulfide) groups is 1. The Morgan fingerprint density at radius 2 is 2.25 bits per heavy atom. The molecule has 0 aliphatic heterocycles. The van der Waals surface area contributed by atoms with Crippen LogP contribution < -0.4 is 5.73 Å². The van der Waals surface area contributed by atoms with Gasteiger partial charge in [0, 0.05) is 23.7 Å². The van der Waals surface area contributed by atoms with E-state index in [9.17, 15) is 0 Å². The first-order valence-electron chi connectivity index (χ1n) is 4.72. The van der Waals surface area contributed by atoms with E-state index in [0.29, 0.717) is 17.9 Å². The van der Waals surface area contributed by atoms with Crippen LogP contribution >= 0.6 is 11.8 Å². The second-order valence-corrected chi connectivity index (χ2v) is 5.13. The first-order valence-corrected chi connectivity index (χ1v) is 5.77. The molecule has 12 heavy (non-hydrogen) atoms. The second kappa shape index (κ2) is 5.10. The van der Waals surface area contributed by atoms with Crippen molar-refractivity contribution < 1.29 is 5.11 Å². The van der Waals surface area contributed by atoms with Crippen LogP contribution in [0.15, 0.2) is 0 Å². The molecule has 0 aromatic heterocycles. The van der Waals surface area contributed by atoms with E-state index in [0.717, 1.165) is 18.1 Å². The summed E-state index contributed by atoms with van der Waals surface area (Å²) in [5.74, 6) is 1.87. The molecule has 0 radical (unpaired) electrons. The molecule has 1 aliphatic rings. The van der Waals surface area contributed by atoms with Gasteiger partial charge in [-0.25, -0.2) is 0 Å². The Labute approximate surface area is 78.9 Å². The minimum Gasteiger partial charge on any atom is -0.396 e. The maximum Gasteiger partial charge on any atom is 0.0441 e. The van der Waals surface area contributed by atoms with Crippen LogP contribution in [0.5, 0.6) is 0 Å². The summed E-state index contributed by atoms with van der Waals surface area (Å²) in [6.45, 7) is 2.45. The van der Waals surface area contributed by atoms with E-state index in [1.165, 1.54) is 12.8 Å². The van der Waals surface area contributed by atoms with Gasteiger partial charge in [-0.2, -0.15) is 11.8 Å². The van der Waals surface area contributed by atoms with Crippen LogP contribution in [0.4, 0.5) is 0 Å². The predicted molar refractivity (Wildman–Crippen MR) is 54.3 cm³/mol. The molecule has 1 saturated carbocycles. The highest BCUT2D eigenvalue weighted by Crippen LogP contribution is 2.33. The Bertz CT molecular complexity index is 128. The highest BCUT2D eigenvalue weighted by atomic mass is 32.2. The standard InChI is InChI=1S/C9H19NOS/c1-7(4-5-11)12-6-9(10)8-2-3-8/h7-9,11H,2-6,10H2,1H3. The number of rotatable bonds is 6. The Balaban J connectivity index is 1.99. The van der Waals surface area contributed by atoms with E-state index in [4.69, 9.17) is 10.8 Å². The third-order valence-corrected chi connectivity index (χ3v) is 3.72. The van der Waals surface area contributed by atoms with E-state index in [1.807, 2.05) is 11.8 Å². The molecule has 3 heteroatoms. The van der Waals surface area contributed by atoms with Gasteiger partial charge in [-0.05, 0) is 25.2 Å². The molecule has 0 amide bonds. The van der Waals surface area contributed by atoms with Gasteiger partial charge in [0.25, 0.3) is 0 Å². The number of aliphatic hydroxyl groups excluding tert-OH is 1. The summed E-state index contributed by atoms with van der Waals surface area (Å²) in [5.41, 5.74) is 5.94. The lowest BCUT2D eigenvalue weighted by Gasteiger charge is -2.13. The van der Waals surface area contributed by atoms with Crippen molar-refractivity contribution >= 4 is 11.8 Å². The lowest BCUT2D eigenvalue weighted by Crippen LogP contribution is -2.26. The molecular formula is C9H19NOS. The molecule has 0 aromatic carbocycles. The van der Waals surface area contributed by atoms with Crippen molar-refractivity contribution in [3.8, 4) is 0 Å². The van der Waals surface area contributed by atoms with Gasteiger partial charge < -0.3 is 10.8 Å². The Kier molecular flexibility index (Phi) is 4.40. The van der Waals surface area contributed by atoms with Gasteiger partial charge in [0.05, 0.1) is 0 Å². The lowest BCUT2D eigenvalue weighted by molar-refractivity contribution is 0.289. The van der Waals surface area contributed by atoms with Crippen LogP contribution in [0.1, 0.15) is 26.2 Å². The van der Waals surface area contributed by atoms with Crippen molar-refractivity contribution in [1.29, 1.82) is 0 Å². The van der Waals surface area contributed by atoms with E-state index in [2.05, 4.69) is 6.92 Å². The smallest absolute Gasteiger partial charge is 0.0441 e. The summed E-state index contributed by atoms with van der Waals surface area (Å²) < 4.78 is 0. The van der Waals surface area contributed by atoms with Gasteiger partial charge in [-0.1, -0.05) is 6.92 Å². The minimum atomic E-state index is 0.298. The van der Waals surface area contributed by atoms with Crippen LogP contribution in [0.2, 0.25) is 0 Å². The van der Waals surface area contributed by atoms with Gasteiger partial charge >= 0.3 is 0 Å². The minimum absolute atomic E-state index is 0.298. The predicted octanol–water partition coefficient (Wildman–Crippen LogP) is 1.23. The van der Waals surface area contributed by atoms with E-state index in [1.54, 1.807) is 0 Å². The highest BCUT2D eigenvalue weighted by Gasteiger charge is 2.28. The molecule has 1 aliphatic carbocycles. The zero-order valence-corrected chi connectivity index (χ0v) is 8.52. The summed E-state index contributed by atoms with van der Waals surface area (Å²) >= 11 is 1.89. The topological polar surface area (TPSA) is 46.2 Å². The fourth-order valence-corrected chi connectivity index (χ4v) is 2.30. The third kappa shape index (κ3) is 3.78. The van der Waals surface area contributed by atoms with Crippen molar-refractivity contribution in [2.24, 2.45) is 11.7 Å². The van der Waals surface area contributed by atoms with Crippen LogP contribution in [-0.2, 0) is 0 Å². The molecule has 0 heterocycles. The van der Waals surface area contributed by atoms with Crippen LogP contribution in [0.25, 0.3) is 0 Å². The Hall–Kier alpha value is 0.270. The average molecular weight is 189 g/mol.